The first-order valence-electron chi connectivity index (χ1n) is 5.88. The van der Waals surface area contributed by atoms with Crippen LogP contribution in [0.3, 0.4) is 0 Å². The second kappa shape index (κ2) is 3.82. The Morgan fingerprint density at radius 3 is 2.36 bits per heavy atom. The molecule has 0 spiro atoms. The summed E-state index contributed by atoms with van der Waals surface area (Å²) in [4.78, 5) is 0. The summed E-state index contributed by atoms with van der Waals surface area (Å²) < 4.78 is 11.7. The van der Waals surface area contributed by atoms with Crippen molar-refractivity contribution in [2.45, 2.75) is 64.8 Å². The van der Waals surface area contributed by atoms with Crippen molar-refractivity contribution in [1.29, 1.82) is 0 Å². The molecule has 2 heteroatoms. The predicted octanol–water partition coefficient (Wildman–Crippen LogP) is 2.76. The van der Waals surface area contributed by atoms with Gasteiger partial charge in [0, 0.05) is 12.0 Å². The van der Waals surface area contributed by atoms with Crippen molar-refractivity contribution in [3.63, 3.8) is 0 Å². The van der Waals surface area contributed by atoms with Gasteiger partial charge in [0.2, 0.25) is 0 Å². The summed E-state index contributed by atoms with van der Waals surface area (Å²) in [7, 11) is 0. The number of ether oxygens (including phenoxy) is 2. The Hall–Kier alpha value is -0.0800. The molecule has 0 aromatic rings. The minimum Gasteiger partial charge on any atom is -0.378 e. The van der Waals surface area contributed by atoms with Crippen LogP contribution in [-0.4, -0.2) is 24.9 Å². The first kappa shape index (κ1) is 10.4. The SMILES string of the molecule is C[C@H]1CC[C@@H](C(C)(C)[C@@H]2CCCO2)O1. The zero-order valence-electron chi connectivity index (χ0n) is 9.58. The Kier molecular flexibility index (Phi) is 2.85. The number of hydrogen-bond acceptors (Lipinski definition) is 2. The highest BCUT2D eigenvalue weighted by Crippen LogP contribution is 2.40. The molecule has 0 amide bonds. The summed E-state index contributed by atoms with van der Waals surface area (Å²) in [6, 6.07) is 0. The molecule has 3 atom stereocenters. The minimum absolute atomic E-state index is 0.196. The lowest BCUT2D eigenvalue weighted by molar-refractivity contribution is -0.0834. The van der Waals surface area contributed by atoms with Crippen LogP contribution in [0.15, 0.2) is 0 Å². The van der Waals surface area contributed by atoms with Crippen molar-refractivity contribution in [2.75, 3.05) is 6.61 Å². The van der Waals surface area contributed by atoms with E-state index in [0.29, 0.717) is 18.3 Å². The number of rotatable bonds is 2. The molecule has 0 aromatic carbocycles. The molecule has 0 aromatic heterocycles. The van der Waals surface area contributed by atoms with Gasteiger partial charge in [-0.25, -0.2) is 0 Å². The quantitative estimate of drug-likeness (QED) is 0.679. The van der Waals surface area contributed by atoms with Gasteiger partial charge in [-0.15, -0.1) is 0 Å². The van der Waals surface area contributed by atoms with Gasteiger partial charge in [0.15, 0.2) is 0 Å². The van der Waals surface area contributed by atoms with Crippen molar-refractivity contribution in [2.24, 2.45) is 5.41 Å². The summed E-state index contributed by atoms with van der Waals surface area (Å²) in [5.74, 6) is 0. The molecule has 0 bridgehead atoms. The van der Waals surface area contributed by atoms with Gasteiger partial charge in [0.1, 0.15) is 0 Å². The smallest absolute Gasteiger partial charge is 0.0655 e. The highest BCUT2D eigenvalue weighted by Gasteiger charge is 2.43. The van der Waals surface area contributed by atoms with Gasteiger partial charge >= 0.3 is 0 Å². The minimum atomic E-state index is 0.196. The summed E-state index contributed by atoms with van der Waals surface area (Å²) in [5, 5.41) is 0. The highest BCUT2D eigenvalue weighted by molar-refractivity contribution is 4.91. The van der Waals surface area contributed by atoms with E-state index in [9.17, 15) is 0 Å². The fourth-order valence-corrected chi connectivity index (χ4v) is 2.72. The van der Waals surface area contributed by atoms with Gasteiger partial charge in [-0.2, -0.15) is 0 Å². The van der Waals surface area contributed by atoms with Gasteiger partial charge in [0.25, 0.3) is 0 Å². The van der Waals surface area contributed by atoms with Crippen LogP contribution in [0.1, 0.15) is 46.5 Å². The van der Waals surface area contributed by atoms with Gasteiger partial charge in [0.05, 0.1) is 18.3 Å². The molecule has 2 heterocycles. The fraction of sp³-hybridized carbons (Fsp3) is 1.00. The molecule has 0 N–H and O–H groups in total. The van der Waals surface area contributed by atoms with Gasteiger partial charge in [-0.05, 0) is 32.6 Å². The van der Waals surface area contributed by atoms with E-state index >= 15 is 0 Å². The standard InChI is InChI=1S/C12H22O2/c1-9-6-7-11(14-9)12(2,3)10-5-4-8-13-10/h9-11H,4-8H2,1-3H3/t9-,10-,11-/m0/s1. The highest BCUT2D eigenvalue weighted by atomic mass is 16.5. The fourth-order valence-electron chi connectivity index (χ4n) is 2.72. The van der Waals surface area contributed by atoms with Gasteiger partial charge < -0.3 is 9.47 Å². The number of hydrogen-bond donors (Lipinski definition) is 0. The maximum atomic E-state index is 5.96. The first-order valence-corrected chi connectivity index (χ1v) is 5.88. The molecule has 0 saturated carbocycles. The molecule has 82 valence electrons. The molecule has 0 unspecified atom stereocenters. The average molecular weight is 198 g/mol. The molecule has 14 heavy (non-hydrogen) atoms. The third-order valence-corrected chi connectivity index (χ3v) is 3.82. The second-order valence-corrected chi connectivity index (χ2v) is 5.34. The van der Waals surface area contributed by atoms with Crippen molar-refractivity contribution in [3.8, 4) is 0 Å². The van der Waals surface area contributed by atoms with Crippen molar-refractivity contribution in [1.82, 2.24) is 0 Å². The second-order valence-electron chi connectivity index (χ2n) is 5.34. The van der Waals surface area contributed by atoms with Crippen LogP contribution in [0.2, 0.25) is 0 Å². The van der Waals surface area contributed by atoms with Crippen molar-refractivity contribution < 1.29 is 9.47 Å². The maximum Gasteiger partial charge on any atom is 0.0655 e. The van der Waals surface area contributed by atoms with E-state index in [1.54, 1.807) is 0 Å². The Labute approximate surface area is 87.0 Å². The Balaban J connectivity index is 1.99. The van der Waals surface area contributed by atoms with Crippen LogP contribution in [0.4, 0.5) is 0 Å². The molecule has 2 aliphatic heterocycles. The third-order valence-electron chi connectivity index (χ3n) is 3.82. The molecule has 0 aliphatic carbocycles. The van der Waals surface area contributed by atoms with Crippen molar-refractivity contribution >= 4 is 0 Å². The van der Waals surface area contributed by atoms with E-state index in [4.69, 9.17) is 9.47 Å². The summed E-state index contributed by atoms with van der Waals surface area (Å²) >= 11 is 0. The topological polar surface area (TPSA) is 18.5 Å². The zero-order chi connectivity index (χ0) is 10.2. The lowest BCUT2D eigenvalue weighted by Gasteiger charge is -2.36. The molecule has 0 radical (unpaired) electrons. The Morgan fingerprint density at radius 1 is 1.07 bits per heavy atom. The Bertz CT molecular complexity index is 194. The van der Waals surface area contributed by atoms with Crippen LogP contribution in [0.5, 0.6) is 0 Å². The zero-order valence-corrected chi connectivity index (χ0v) is 9.58. The lowest BCUT2D eigenvalue weighted by atomic mass is 9.78. The van der Waals surface area contributed by atoms with E-state index in [0.717, 1.165) is 6.61 Å². The van der Waals surface area contributed by atoms with Crippen LogP contribution in [0, 0.1) is 5.41 Å². The molecular formula is C12H22O2. The van der Waals surface area contributed by atoms with Gasteiger partial charge in [-0.3, -0.25) is 0 Å². The summed E-state index contributed by atoms with van der Waals surface area (Å²) in [6.07, 6.45) is 6.10. The van der Waals surface area contributed by atoms with E-state index in [1.165, 1.54) is 25.7 Å². The monoisotopic (exact) mass is 198 g/mol. The van der Waals surface area contributed by atoms with E-state index < -0.39 is 0 Å². The van der Waals surface area contributed by atoms with E-state index in [-0.39, 0.29) is 5.41 Å². The van der Waals surface area contributed by atoms with Crippen LogP contribution in [0.25, 0.3) is 0 Å². The predicted molar refractivity (Wildman–Crippen MR) is 56.3 cm³/mol. The van der Waals surface area contributed by atoms with E-state index in [1.807, 2.05) is 0 Å². The van der Waals surface area contributed by atoms with Crippen LogP contribution >= 0.6 is 0 Å². The molecule has 2 saturated heterocycles. The molecule has 2 rings (SSSR count). The Morgan fingerprint density at radius 2 is 1.86 bits per heavy atom. The summed E-state index contributed by atoms with van der Waals surface area (Å²) in [6.45, 7) is 7.71. The maximum absolute atomic E-state index is 5.96. The first-order chi connectivity index (χ1) is 6.60. The van der Waals surface area contributed by atoms with Crippen LogP contribution < -0.4 is 0 Å². The lowest BCUT2D eigenvalue weighted by Crippen LogP contribution is -2.40. The largest absolute Gasteiger partial charge is 0.378 e. The normalized spacial score (nSPS) is 39.2. The van der Waals surface area contributed by atoms with Crippen LogP contribution in [-0.2, 0) is 9.47 Å². The molecule has 2 fully saturated rings. The van der Waals surface area contributed by atoms with E-state index in [2.05, 4.69) is 20.8 Å². The average Bonchev–Trinajstić information content (AvgIpc) is 2.72. The third kappa shape index (κ3) is 1.82. The molecular weight excluding hydrogens is 176 g/mol. The van der Waals surface area contributed by atoms with Crippen molar-refractivity contribution in [3.05, 3.63) is 0 Å². The van der Waals surface area contributed by atoms with Gasteiger partial charge in [-0.1, -0.05) is 13.8 Å². The summed E-state index contributed by atoms with van der Waals surface area (Å²) in [5.41, 5.74) is 0.196. The molecule has 2 aliphatic rings. The molecule has 2 nitrogen and oxygen atoms in total.